The normalized spacial score (nSPS) is 31.2. The largest absolute Gasteiger partial charge is 0.328 e. The molecule has 2 atom stereocenters. The van der Waals surface area contributed by atoms with Gasteiger partial charge >= 0.3 is 0 Å². The van der Waals surface area contributed by atoms with Crippen molar-refractivity contribution in [3.63, 3.8) is 0 Å². The Hall–Kier alpha value is 0.310. The van der Waals surface area contributed by atoms with E-state index in [2.05, 4.69) is 18.7 Å². The summed E-state index contributed by atoms with van der Waals surface area (Å²) in [5.74, 6) is 3.48. The summed E-state index contributed by atoms with van der Waals surface area (Å²) < 4.78 is 0. The van der Waals surface area contributed by atoms with Crippen molar-refractivity contribution >= 4 is 11.8 Å². The molecule has 0 aromatic rings. The Morgan fingerprint density at radius 2 is 2.20 bits per heavy atom. The highest BCUT2D eigenvalue weighted by atomic mass is 32.2. The lowest BCUT2D eigenvalue weighted by atomic mass is 9.94. The van der Waals surface area contributed by atoms with E-state index >= 15 is 0 Å². The van der Waals surface area contributed by atoms with E-state index in [1.807, 2.05) is 0 Å². The predicted octanol–water partition coefficient (Wildman–Crippen LogP) is 1.87. The average Bonchev–Trinajstić information content (AvgIpc) is 2.12. The molecule has 1 nitrogen and oxygen atoms in total. The minimum absolute atomic E-state index is 0.415. The molecule has 0 aromatic heterocycles. The molecular formula is C8H17NS. The molecule has 10 heavy (non-hydrogen) atoms. The van der Waals surface area contributed by atoms with E-state index < -0.39 is 0 Å². The average molecular weight is 159 g/mol. The predicted molar refractivity (Wildman–Crippen MR) is 48.3 cm³/mol. The van der Waals surface area contributed by atoms with Gasteiger partial charge in [-0.3, -0.25) is 0 Å². The van der Waals surface area contributed by atoms with Gasteiger partial charge in [-0.15, -0.1) is 0 Å². The Morgan fingerprint density at radius 1 is 1.40 bits per heavy atom. The highest BCUT2D eigenvalue weighted by Gasteiger charge is 2.15. The van der Waals surface area contributed by atoms with Crippen LogP contribution in [0, 0.1) is 5.92 Å². The zero-order valence-corrected chi connectivity index (χ0v) is 7.49. The van der Waals surface area contributed by atoms with Gasteiger partial charge in [-0.1, -0.05) is 0 Å². The number of thioether (sulfide) groups is 1. The van der Waals surface area contributed by atoms with Crippen molar-refractivity contribution < 1.29 is 0 Å². The molecule has 0 radical (unpaired) electrons. The van der Waals surface area contributed by atoms with Crippen LogP contribution >= 0.6 is 11.8 Å². The lowest BCUT2D eigenvalue weighted by Crippen LogP contribution is -2.26. The van der Waals surface area contributed by atoms with Gasteiger partial charge in [0.25, 0.3) is 0 Å². The Kier molecular flexibility index (Phi) is 3.57. The van der Waals surface area contributed by atoms with Gasteiger partial charge in [0, 0.05) is 6.04 Å². The SMILES string of the molecule is CC(N)C1CCCSCC1. The van der Waals surface area contributed by atoms with Crippen LogP contribution in [-0.2, 0) is 0 Å². The van der Waals surface area contributed by atoms with E-state index in [1.165, 1.54) is 30.8 Å². The highest BCUT2D eigenvalue weighted by Crippen LogP contribution is 2.23. The van der Waals surface area contributed by atoms with E-state index in [-0.39, 0.29) is 0 Å². The van der Waals surface area contributed by atoms with Crippen LogP contribution in [0.25, 0.3) is 0 Å². The second-order valence-electron chi connectivity index (χ2n) is 3.16. The third-order valence-corrected chi connectivity index (χ3v) is 3.34. The quantitative estimate of drug-likeness (QED) is 0.632. The molecule has 0 bridgehead atoms. The number of rotatable bonds is 1. The molecule has 0 aliphatic carbocycles. The first kappa shape index (κ1) is 8.41. The molecule has 0 spiro atoms. The minimum Gasteiger partial charge on any atom is -0.328 e. The van der Waals surface area contributed by atoms with Gasteiger partial charge in [-0.05, 0) is 43.6 Å². The molecule has 1 heterocycles. The van der Waals surface area contributed by atoms with E-state index in [0.29, 0.717) is 6.04 Å². The van der Waals surface area contributed by atoms with E-state index in [1.54, 1.807) is 0 Å². The summed E-state index contributed by atoms with van der Waals surface area (Å²) in [5, 5.41) is 0. The van der Waals surface area contributed by atoms with Gasteiger partial charge in [0.05, 0.1) is 0 Å². The second-order valence-corrected chi connectivity index (χ2v) is 4.39. The summed E-state index contributed by atoms with van der Waals surface area (Å²) >= 11 is 2.08. The zero-order chi connectivity index (χ0) is 7.40. The van der Waals surface area contributed by atoms with Gasteiger partial charge in [-0.2, -0.15) is 11.8 Å². The Balaban J connectivity index is 2.28. The van der Waals surface area contributed by atoms with Crippen LogP contribution in [0.1, 0.15) is 26.2 Å². The van der Waals surface area contributed by atoms with Crippen LogP contribution < -0.4 is 5.73 Å². The molecule has 1 rings (SSSR count). The van der Waals surface area contributed by atoms with Crippen molar-refractivity contribution in [2.24, 2.45) is 11.7 Å². The topological polar surface area (TPSA) is 26.0 Å². The Morgan fingerprint density at radius 3 is 2.90 bits per heavy atom. The van der Waals surface area contributed by atoms with Gasteiger partial charge in [0.1, 0.15) is 0 Å². The van der Waals surface area contributed by atoms with Crippen LogP contribution in [0.5, 0.6) is 0 Å². The first-order valence-corrected chi connectivity index (χ1v) is 5.29. The molecule has 0 aromatic carbocycles. The minimum atomic E-state index is 0.415. The summed E-state index contributed by atoms with van der Waals surface area (Å²) in [6, 6.07) is 0.415. The van der Waals surface area contributed by atoms with Gasteiger partial charge in [0.15, 0.2) is 0 Å². The smallest absolute Gasteiger partial charge is 0.00390 e. The fourth-order valence-electron chi connectivity index (χ4n) is 1.45. The number of nitrogens with two attached hydrogens (primary N) is 1. The lowest BCUT2D eigenvalue weighted by Gasteiger charge is -2.16. The maximum atomic E-state index is 5.83. The van der Waals surface area contributed by atoms with Crippen LogP contribution in [0.2, 0.25) is 0 Å². The van der Waals surface area contributed by atoms with E-state index in [4.69, 9.17) is 5.73 Å². The van der Waals surface area contributed by atoms with Crippen molar-refractivity contribution in [1.82, 2.24) is 0 Å². The highest BCUT2D eigenvalue weighted by molar-refractivity contribution is 7.99. The molecule has 2 heteroatoms. The fourth-order valence-corrected chi connectivity index (χ4v) is 2.50. The molecule has 1 saturated heterocycles. The standard InChI is InChI=1S/C8H17NS/c1-7(9)8-3-2-5-10-6-4-8/h7-8H,2-6,9H2,1H3. The molecular weight excluding hydrogens is 142 g/mol. The molecule has 0 amide bonds. The lowest BCUT2D eigenvalue weighted by molar-refractivity contribution is 0.406. The number of hydrogen-bond donors (Lipinski definition) is 1. The molecule has 1 fully saturated rings. The molecule has 1 aliphatic rings. The molecule has 1 aliphatic heterocycles. The molecule has 60 valence electrons. The van der Waals surface area contributed by atoms with E-state index in [0.717, 1.165) is 5.92 Å². The van der Waals surface area contributed by atoms with Gasteiger partial charge in [0.2, 0.25) is 0 Å². The first-order valence-electron chi connectivity index (χ1n) is 4.14. The fraction of sp³-hybridized carbons (Fsp3) is 1.00. The molecule has 0 saturated carbocycles. The summed E-state index contributed by atoms with van der Waals surface area (Å²) in [6.07, 6.45) is 4.06. The van der Waals surface area contributed by atoms with E-state index in [9.17, 15) is 0 Å². The van der Waals surface area contributed by atoms with Crippen molar-refractivity contribution in [1.29, 1.82) is 0 Å². The van der Waals surface area contributed by atoms with Crippen molar-refractivity contribution in [3.05, 3.63) is 0 Å². The van der Waals surface area contributed by atoms with Gasteiger partial charge < -0.3 is 5.73 Å². The third-order valence-electron chi connectivity index (χ3n) is 2.24. The van der Waals surface area contributed by atoms with Gasteiger partial charge in [-0.25, -0.2) is 0 Å². The maximum absolute atomic E-state index is 5.83. The van der Waals surface area contributed by atoms with Crippen molar-refractivity contribution in [3.8, 4) is 0 Å². The van der Waals surface area contributed by atoms with Crippen LogP contribution in [0.15, 0.2) is 0 Å². The monoisotopic (exact) mass is 159 g/mol. The maximum Gasteiger partial charge on any atom is 0.00390 e. The van der Waals surface area contributed by atoms with Crippen molar-refractivity contribution in [2.75, 3.05) is 11.5 Å². The zero-order valence-electron chi connectivity index (χ0n) is 6.68. The summed E-state index contributed by atoms with van der Waals surface area (Å²) in [6.45, 7) is 2.14. The van der Waals surface area contributed by atoms with Crippen molar-refractivity contribution in [2.45, 2.75) is 32.2 Å². The van der Waals surface area contributed by atoms with Crippen LogP contribution in [0.4, 0.5) is 0 Å². The molecule has 2 N–H and O–H groups in total. The van der Waals surface area contributed by atoms with Crippen LogP contribution in [0.3, 0.4) is 0 Å². The molecule has 2 unspecified atom stereocenters. The first-order chi connectivity index (χ1) is 4.80. The summed E-state index contributed by atoms with van der Waals surface area (Å²) in [4.78, 5) is 0. The van der Waals surface area contributed by atoms with Crippen LogP contribution in [-0.4, -0.2) is 17.5 Å². The third kappa shape index (κ3) is 2.51. The Bertz CT molecular complexity index is 85.3. The Labute approximate surface area is 67.8 Å². The number of hydrogen-bond acceptors (Lipinski definition) is 2. The summed E-state index contributed by atoms with van der Waals surface area (Å²) in [5.41, 5.74) is 5.83. The summed E-state index contributed by atoms with van der Waals surface area (Å²) in [7, 11) is 0. The second kappa shape index (κ2) is 4.24.